The summed E-state index contributed by atoms with van der Waals surface area (Å²) in [5.41, 5.74) is 6.53. The van der Waals surface area contributed by atoms with Crippen molar-refractivity contribution >= 4 is 5.91 Å². The summed E-state index contributed by atoms with van der Waals surface area (Å²) in [4.78, 5) is 16.7. The SMILES string of the molecule is COc1cccc(C(=O)N2CCN(CC(C)(C)N)CC2)c1. The topological polar surface area (TPSA) is 58.8 Å². The maximum absolute atomic E-state index is 12.5. The fourth-order valence-electron chi connectivity index (χ4n) is 2.62. The van der Waals surface area contributed by atoms with Crippen molar-refractivity contribution in [2.24, 2.45) is 5.73 Å². The minimum Gasteiger partial charge on any atom is -0.497 e. The molecule has 2 rings (SSSR count). The first-order valence-electron chi connectivity index (χ1n) is 7.33. The summed E-state index contributed by atoms with van der Waals surface area (Å²) in [6, 6.07) is 7.31. The van der Waals surface area contributed by atoms with E-state index in [1.807, 2.05) is 36.9 Å². The normalized spacial score (nSPS) is 16.9. The first-order chi connectivity index (χ1) is 9.89. The van der Waals surface area contributed by atoms with Crippen LogP contribution in [0.5, 0.6) is 5.75 Å². The maximum atomic E-state index is 12.5. The summed E-state index contributed by atoms with van der Waals surface area (Å²) in [6.45, 7) is 8.14. The van der Waals surface area contributed by atoms with Crippen LogP contribution in [-0.2, 0) is 0 Å². The smallest absolute Gasteiger partial charge is 0.254 e. The molecule has 1 aliphatic rings. The Labute approximate surface area is 126 Å². The third-order valence-electron chi connectivity index (χ3n) is 3.61. The number of amides is 1. The average Bonchev–Trinajstić information content (AvgIpc) is 2.46. The molecule has 116 valence electrons. The van der Waals surface area contributed by atoms with Crippen LogP contribution < -0.4 is 10.5 Å². The Kier molecular flexibility index (Phi) is 4.85. The molecule has 2 N–H and O–H groups in total. The van der Waals surface area contributed by atoms with Crippen molar-refractivity contribution < 1.29 is 9.53 Å². The molecule has 0 saturated carbocycles. The van der Waals surface area contributed by atoms with E-state index < -0.39 is 0 Å². The Morgan fingerprint density at radius 3 is 2.52 bits per heavy atom. The van der Waals surface area contributed by atoms with Gasteiger partial charge in [0.25, 0.3) is 5.91 Å². The van der Waals surface area contributed by atoms with Gasteiger partial charge in [-0.3, -0.25) is 9.69 Å². The number of nitrogens with zero attached hydrogens (tertiary/aromatic N) is 2. The maximum Gasteiger partial charge on any atom is 0.254 e. The van der Waals surface area contributed by atoms with Gasteiger partial charge in [0.2, 0.25) is 0 Å². The van der Waals surface area contributed by atoms with Crippen LogP contribution in [-0.4, -0.2) is 61.1 Å². The number of piperazine rings is 1. The lowest BCUT2D eigenvalue weighted by atomic mass is 10.1. The van der Waals surface area contributed by atoms with Crippen molar-refractivity contribution in [2.45, 2.75) is 19.4 Å². The quantitative estimate of drug-likeness (QED) is 0.905. The molecule has 0 unspecified atom stereocenters. The van der Waals surface area contributed by atoms with Gasteiger partial charge in [0, 0.05) is 43.8 Å². The van der Waals surface area contributed by atoms with Gasteiger partial charge in [-0.05, 0) is 32.0 Å². The number of hydrogen-bond donors (Lipinski definition) is 1. The molecule has 1 heterocycles. The van der Waals surface area contributed by atoms with Gasteiger partial charge < -0.3 is 15.4 Å². The molecule has 1 saturated heterocycles. The first-order valence-corrected chi connectivity index (χ1v) is 7.33. The molecule has 0 aromatic heterocycles. The Morgan fingerprint density at radius 1 is 1.29 bits per heavy atom. The standard InChI is InChI=1S/C16H25N3O2/c1-16(2,17)12-18-7-9-19(10-8-18)15(20)13-5-4-6-14(11-13)21-3/h4-6,11H,7-10,12,17H2,1-3H3. The third-order valence-corrected chi connectivity index (χ3v) is 3.61. The molecule has 1 aliphatic heterocycles. The van der Waals surface area contributed by atoms with Crippen LogP contribution in [0.25, 0.3) is 0 Å². The van der Waals surface area contributed by atoms with Gasteiger partial charge in [0.05, 0.1) is 7.11 Å². The monoisotopic (exact) mass is 291 g/mol. The molecular weight excluding hydrogens is 266 g/mol. The molecule has 5 nitrogen and oxygen atoms in total. The summed E-state index contributed by atoms with van der Waals surface area (Å²) in [7, 11) is 1.61. The number of nitrogens with two attached hydrogens (primary N) is 1. The van der Waals surface area contributed by atoms with Crippen molar-refractivity contribution in [3.63, 3.8) is 0 Å². The molecule has 5 heteroatoms. The molecule has 1 amide bonds. The largest absolute Gasteiger partial charge is 0.497 e. The number of methoxy groups -OCH3 is 1. The van der Waals surface area contributed by atoms with E-state index in [1.54, 1.807) is 13.2 Å². The highest BCUT2D eigenvalue weighted by molar-refractivity contribution is 5.94. The van der Waals surface area contributed by atoms with E-state index in [2.05, 4.69) is 4.90 Å². The van der Waals surface area contributed by atoms with E-state index in [0.29, 0.717) is 11.3 Å². The van der Waals surface area contributed by atoms with Gasteiger partial charge in [0.1, 0.15) is 5.75 Å². The van der Waals surface area contributed by atoms with E-state index >= 15 is 0 Å². The second-order valence-electron chi connectivity index (χ2n) is 6.29. The third kappa shape index (κ3) is 4.44. The lowest BCUT2D eigenvalue weighted by molar-refractivity contribution is 0.0615. The fourth-order valence-corrected chi connectivity index (χ4v) is 2.62. The summed E-state index contributed by atoms with van der Waals surface area (Å²) in [5.74, 6) is 0.782. The van der Waals surface area contributed by atoms with Crippen LogP contribution in [0.4, 0.5) is 0 Å². The number of rotatable bonds is 4. The number of hydrogen-bond acceptors (Lipinski definition) is 4. The Bertz CT molecular complexity index is 489. The minimum atomic E-state index is -0.195. The van der Waals surface area contributed by atoms with Gasteiger partial charge in [-0.2, -0.15) is 0 Å². The Morgan fingerprint density at radius 2 is 1.95 bits per heavy atom. The van der Waals surface area contributed by atoms with E-state index in [0.717, 1.165) is 32.7 Å². The molecule has 1 aromatic rings. The zero-order chi connectivity index (χ0) is 15.5. The lowest BCUT2D eigenvalue weighted by Crippen LogP contribution is -2.54. The van der Waals surface area contributed by atoms with Crippen LogP contribution in [0.15, 0.2) is 24.3 Å². The van der Waals surface area contributed by atoms with Crippen LogP contribution in [0.3, 0.4) is 0 Å². The van der Waals surface area contributed by atoms with Gasteiger partial charge in [-0.1, -0.05) is 6.07 Å². The molecule has 1 aromatic carbocycles. The minimum absolute atomic E-state index is 0.0700. The van der Waals surface area contributed by atoms with Gasteiger partial charge in [0.15, 0.2) is 0 Å². The molecule has 0 radical (unpaired) electrons. The molecule has 21 heavy (non-hydrogen) atoms. The number of carbonyl (C=O) groups excluding carboxylic acids is 1. The van der Waals surface area contributed by atoms with Crippen LogP contribution in [0.2, 0.25) is 0 Å². The second-order valence-corrected chi connectivity index (χ2v) is 6.29. The van der Waals surface area contributed by atoms with Crippen molar-refractivity contribution in [3.8, 4) is 5.75 Å². The summed E-state index contributed by atoms with van der Waals surface area (Å²) >= 11 is 0. The molecule has 0 spiro atoms. The van der Waals surface area contributed by atoms with Crippen molar-refractivity contribution in [2.75, 3.05) is 39.8 Å². The molecule has 0 atom stereocenters. The summed E-state index contributed by atoms with van der Waals surface area (Å²) < 4.78 is 5.17. The zero-order valence-electron chi connectivity index (χ0n) is 13.1. The van der Waals surface area contributed by atoms with Gasteiger partial charge in [-0.15, -0.1) is 0 Å². The van der Waals surface area contributed by atoms with Gasteiger partial charge >= 0.3 is 0 Å². The van der Waals surface area contributed by atoms with E-state index in [-0.39, 0.29) is 11.4 Å². The summed E-state index contributed by atoms with van der Waals surface area (Å²) in [6.07, 6.45) is 0. The highest BCUT2D eigenvalue weighted by Gasteiger charge is 2.25. The van der Waals surface area contributed by atoms with Crippen molar-refractivity contribution in [1.82, 2.24) is 9.80 Å². The fraction of sp³-hybridized carbons (Fsp3) is 0.562. The first kappa shape index (κ1) is 15.8. The van der Waals surface area contributed by atoms with Crippen molar-refractivity contribution in [1.29, 1.82) is 0 Å². The number of ether oxygens (including phenoxy) is 1. The zero-order valence-corrected chi connectivity index (χ0v) is 13.1. The Hall–Kier alpha value is -1.59. The molecule has 0 bridgehead atoms. The predicted octanol–water partition coefficient (Wildman–Crippen LogP) is 1.19. The van der Waals surface area contributed by atoms with Crippen LogP contribution in [0.1, 0.15) is 24.2 Å². The molecule has 0 aliphatic carbocycles. The summed E-state index contributed by atoms with van der Waals surface area (Å²) in [5, 5.41) is 0. The highest BCUT2D eigenvalue weighted by atomic mass is 16.5. The second kappa shape index (κ2) is 6.45. The average molecular weight is 291 g/mol. The Balaban J connectivity index is 1.94. The van der Waals surface area contributed by atoms with Crippen LogP contribution in [0, 0.1) is 0 Å². The predicted molar refractivity (Wildman–Crippen MR) is 83.6 cm³/mol. The van der Waals surface area contributed by atoms with Crippen molar-refractivity contribution in [3.05, 3.63) is 29.8 Å². The van der Waals surface area contributed by atoms with E-state index in [4.69, 9.17) is 10.5 Å². The van der Waals surface area contributed by atoms with Crippen LogP contribution >= 0.6 is 0 Å². The lowest BCUT2D eigenvalue weighted by Gasteiger charge is -2.37. The van der Waals surface area contributed by atoms with E-state index in [1.165, 1.54) is 0 Å². The number of benzene rings is 1. The molecular formula is C16H25N3O2. The highest BCUT2D eigenvalue weighted by Crippen LogP contribution is 2.16. The van der Waals surface area contributed by atoms with Gasteiger partial charge in [-0.25, -0.2) is 0 Å². The molecule has 1 fully saturated rings. The number of carbonyl (C=O) groups is 1. The van der Waals surface area contributed by atoms with E-state index in [9.17, 15) is 4.79 Å².